The zero-order valence-electron chi connectivity index (χ0n) is 11.8. The van der Waals surface area contributed by atoms with Gasteiger partial charge in [0.05, 0.1) is 6.61 Å². The molecule has 3 rings (SSSR count). The van der Waals surface area contributed by atoms with E-state index in [1.807, 2.05) is 27.1 Å². The van der Waals surface area contributed by atoms with E-state index in [9.17, 15) is 4.79 Å². The van der Waals surface area contributed by atoms with Crippen LogP contribution in [0.5, 0.6) is 0 Å². The van der Waals surface area contributed by atoms with Gasteiger partial charge in [-0.1, -0.05) is 0 Å². The van der Waals surface area contributed by atoms with Crippen LogP contribution in [0, 0.1) is 6.92 Å². The molecule has 5 nitrogen and oxygen atoms in total. The number of nitrogens with zero attached hydrogens (tertiary/aromatic N) is 3. The molecule has 0 aliphatic heterocycles. The van der Waals surface area contributed by atoms with Crippen LogP contribution < -0.4 is 0 Å². The maximum Gasteiger partial charge on any atom is 0.350 e. The number of hydrogen-bond donors (Lipinski definition) is 0. The zero-order chi connectivity index (χ0) is 14.3. The van der Waals surface area contributed by atoms with Crippen molar-refractivity contribution >= 4 is 17.5 Å². The van der Waals surface area contributed by atoms with Crippen molar-refractivity contribution in [2.45, 2.75) is 32.6 Å². The second kappa shape index (κ2) is 5.01. The van der Waals surface area contributed by atoms with E-state index in [0.717, 1.165) is 35.4 Å². The van der Waals surface area contributed by atoms with E-state index in [0.29, 0.717) is 17.4 Å². The standard InChI is InChI=1S/C14H17N3O2S/c1-4-19-14(18)13-10(9-5-6-9)12(16-20-13)11-8(2)7-17(3)15-11/h7,9H,4-6H2,1-3H3. The van der Waals surface area contributed by atoms with E-state index in [2.05, 4.69) is 9.47 Å². The summed E-state index contributed by atoms with van der Waals surface area (Å²) in [6.07, 6.45) is 4.20. The van der Waals surface area contributed by atoms with Crippen LogP contribution in [0.15, 0.2) is 6.20 Å². The minimum atomic E-state index is -0.258. The molecule has 0 bridgehead atoms. The highest BCUT2D eigenvalue weighted by Crippen LogP contribution is 2.47. The average Bonchev–Trinajstić information content (AvgIpc) is 3.05. The second-order valence-electron chi connectivity index (χ2n) is 5.10. The van der Waals surface area contributed by atoms with Gasteiger partial charge in [-0.15, -0.1) is 0 Å². The fourth-order valence-corrected chi connectivity index (χ4v) is 3.27. The molecule has 0 amide bonds. The van der Waals surface area contributed by atoms with Crippen LogP contribution in [-0.2, 0) is 11.8 Å². The van der Waals surface area contributed by atoms with E-state index >= 15 is 0 Å². The first-order valence-electron chi connectivity index (χ1n) is 6.79. The fourth-order valence-electron chi connectivity index (χ4n) is 2.40. The van der Waals surface area contributed by atoms with Crippen molar-refractivity contribution in [3.05, 3.63) is 22.2 Å². The van der Waals surface area contributed by atoms with E-state index in [4.69, 9.17) is 4.74 Å². The van der Waals surface area contributed by atoms with Gasteiger partial charge in [0, 0.05) is 18.8 Å². The lowest BCUT2D eigenvalue weighted by Crippen LogP contribution is -2.05. The van der Waals surface area contributed by atoms with Crippen LogP contribution in [0.2, 0.25) is 0 Å². The highest BCUT2D eigenvalue weighted by molar-refractivity contribution is 7.08. The molecule has 0 atom stereocenters. The number of hydrogen-bond acceptors (Lipinski definition) is 5. The van der Waals surface area contributed by atoms with E-state index in [-0.39, 0.29) is 5.97 Å². The van der Waals surface area contributed by atoms with Gasteiger partial charge in [0.25, 0.3) is 0 Å². The summed E-state index contributed by atoms with van der Waals surface area (Å²) in [7, 11) is 1.89. The second-order valence-corrected chi connectivity index (χ2v) is 5.88. The summed E-state index contributed by atoms with van der Waals surface area (Å²) in [6, 6.07) is 0. The maximum atomic E-state index is 12.1. The molecule has 0 unspecified atom stereocenters. The Labute approximate surface area is 121 Å². The molecule has 20 heavy (non-hydrogen) atoms. The summed E-state index contributed by atoms with van der Waals surface area (Å²) < 4.78 is 11.4. The first-order valence-corrected chi connectivity index (χ1v) is 7.56. The molecular formula is C14H17N3O2S. The number of esters is 1. The Morgan fingerprint density at radius 3 is 2.80 bits per heavy atom. The van der Waals surface area contributed by atoms with Crippen LogP contribution in [0.4, 0.5) is 0 Å². The monoisotopic (exact) mass is 291 g/mol. The SMILES string of the molecule is CCOC(=O)c1snc(-c2nn(C)cc2C)c1C1CC1. The Hall–Kier alpha value is -1.69. The van der Waals surface area contributed by atoms with Crippen molar-refractivity contribution in [1.82, 2.24) is 14.2 Å². The van der Waals surface area contributed by atoms with Crippen LogP contribution in [0.3, 0.4) is 0 Å². The Morgan fingerprint density at radius 2 is 2.25 bits per heavy atom. The number of rotatable bonds is 4. The third kappa shape index (κ3) is 2.24. The third-order valence-corrected chi connectivity index (χ3v) is 4.25. The number of carbonyl (C=O) groups excluding carboxylic acids is 1. The molecule has 0 N–H and O–H groups in total. The Balaban J connectivity index is 2.08. The zero-order valence-corrected chi connectivity index (χ0v) is 12.7. The van der Waals surface area contributed by atoms with Crippen LogP contribution in [0.25, 0.3) is 11.4 Å². The molecule has 1 fully saturated rings. The lowest BCUT2D eigenvalue weighted by molar-refractivity contribution is 0.0531. The molecule has 0 saturated heterocycles. The normalized spacial score (nSPS) is 14.6. The minimum Gasteiger partial charge on any atom is -0.462 e. The van der Waals surface area contributed by atoms with Crippen LogP contribution in [0.1, 0.15) is 46.5 Å². The lowest BCUT2D eigenvalue weighted by atomic mass is 10.0. The smallest absolute Gasteiger partial charge is 0.350 e. The fraction of sp³-hybridized carbons (Fsp3) is 0.500. The summed E-state index contributed by atoms with van der Waals surface area (Å²) in [5.74, 6) is 0.177. The van der Waals surface area contributed by atoms with Crippen molar-refractivity contribution in [2.75, 3.05) is 6.61 Å². The lowest BCUT2D eigenvalue weighted by Gasteiger charge is -2.03. The molecule has 1 aliphatic rings. The van der Waals surface area contributed by atoms with Crippen molar-refractivity contribution < 1.29 is 9.53 Å². The Bertz CT molecular complexity index is 655. The summed E-state index contributed by atoms with van der Waals surface area (Å²) in [4.78, 5) is 12.7. The van der Waals surface area contributed by atoms with Gasteiger partial charge in [-0.2, -0.15) is 9.47 Å². The summed E-state index contributed by atoms with van der Waals surface area (Å²) >= 11 is 1.23. The predicted octanol–water partition coefficient (Wildman–Crippen LogP) is 2.91. The van der Waals surface area contributed by atoms with Crippen LogP contribution in [-0.4, -0.2) is 26.7 Å². The largest absolute Gasteiger partial charge is 0.462 e. The van der Waals surface area contributed by atoms with Crippen molar-refractivity contribution in [2.24, 2.45) is 7.05 Å². The van der Waals surface area contributed by atoms with E-state index < -0.39 is 0 Å². The number of ether oxygens (including phenoxy) is 1. The van der Waals surface area contributed by atoms with Gasteiger partial charge in [0.15, 0.2) is 0 Å². The first kappa shape index (κ1) is 13.3. The highest BCUT2D eigenvalue weighted by atomic mass is 32.1. The maximum absolute atomic E-state index is 12.1. The first-order chi connectivity index (χ1) is 9.61. The summed E-state index contributed by atoms with van der Waals surface area (Å²) in [6.45, 7) is 4.22. The Kier molecular flexibility index (Phi) is 3.33. The molecule has 2 aromatic rings. The van der Waals surface area contributed by atoms with Crippen molar-refractivity contribution in [1.29, 1.82) is 0 Å². The van der Waals surface area contributed by atoms with E-state index in [1.165, 1.54) is 11.5 Å². The molecule has 0 spiro atoms. The molecular weight excluding hydrogens is 274 g/mol. The topological polar surface area (TPSA) is 57.0 Å². The Morgan fingerprint density at radius 1 is 1.50 bits per heavy atom. The number of aromatic nitrogens is 3. The molecule has 0 aromatic carbocycles. The van der Waals surface area contributed by atoms with Crippen molar-refractivity contribution in [3.63, 3.8) is 0 Å². The molecule has 6 heteroatoms. The number of carbonyl (C=O) groups is 1. The quantitative estimate of drug-likeness (QED) is 0.813. The van der Waals surface area contributed by atoms with Gasteiger partial charge in [0.1, 0.15) is 16.3 Å². The van der Waals surface area contributed by atoms with E-state index in [1.54, 1.807) is 4.68 Å². The summed E-state index contributed by atoms with van der Waals surface area (Å²) in [5, 5.41) is 4.48. The van der Waals surface area contributed by atoms with Gasteiger partial charge >= 0.3 is 5.97 Å². The molecule has 1 aliphatic carbocycles. The van der Waals surface area contributed by atoms with Gasteiger partial charge in [-0.05, 0) is 49.7 Å². The summed E-state index contributed by atoms with van der Waals surface area (Å²) in [5.41, 5.74) is 3.85. The highest BCUT2D eigenvalue weighted by Gasteiger charge is 2.35. The molecule has 106 valence electrons. The number of aryl methyl sites for hydroxylation is 2. The predicted molar refractivity (Wildman–Crippen MR) is 77.0 cm³/mol. The molecule has 2 heterocycles. The molecule has 0 radical (unpaired) electrons. The van der Waals surface area contributed by atoms with Gasteiger partial charge < -0.3 is 4.74 Å². The average molecular weight is 291 g/mol. The van der Waals surface area contributed by atoms with Gasteiger partial charge in [0.2, 0.25) is 0 Å². The van der Waals surface area contributed by atoms with Crippen LogP contribution >= 0.6 is 11.5 Å². The van der Waals surface area contributed by atoms with Gasteiger partial charge in [-0.3, -0.25) is 4.68 Å². The molecule has 2 aromatic heterocycles. The molecule has 1 saturated carbocycles. The minimum absolute atomic E-state index is 0.258. The third-order valence-electron chi connectivity index (χ3n) is 3.41. The van der Waals surface area contributed by atoms with Gasteiger partial charge in [-0.25, -0.2) is 4.79 Å². The van der Waals surface area contributed by atoms with Crippen molar-refractivity contribution in [3.8, 4) is 11.4 Å².